The Balaban J connectivity index is 0.000000267. The molecule has 0 bridgehead atoms. The van der Waals surface area contributed by atoms with Crippen molar-refractivity contribution in [2.45, 2.75) is 115 Å². The van der Waals surface area contributed by atoms with Gasteiger partial charge in [-0.1, -0.05) is 60.7 Å². The van der Waals surface area contributed by atoms with E-state index in [0.717, 1.165) is 51.4 Å². The van der Waals surface area contributed by atoms with Crippen molar-refractivity contribution in [3.05, 3.63) is 71.8 Å². The van der Waals surface area contributed by atoms with Gasteiger partial charge in [0.2, 0.25) is 0 Å². The molecule has 0 atom stereocenters. The van der Waals surface area contributed by atoms with Gasteiger partial charge in [-0.05, 0) is 109 Å². The average molecular weight is 558 g/mol. The van der Waals surface area contributed by atoms with E-state index in [9.17, 15) is 9.59 Å². The number of alkyl halides is 1. The summed E-state index contributed by atoms with van der Waals surface area (Å²) in [4.78, 5) is 22.7. The van der Waals surface area contributed by atoms with Gasteiger partial charge in [0, 0.05) is 0 Å². The number of ether oxygens (including phenoxy) is 2. The van der Waals surface area contributed by atoms with Crippen LogP contribution in [0.1, 0.15) is 109 Å². The predicted octanol–water partition coefficient (Wildman–Crippen LogP) is 8.74. The van der Waals surface area contributed by atoms with Gasteiger partial charge in [0.05, 0.1) is 5.41 Å². The van der Waals surface area contributed by atoms with Crippen LogP contribution >= 0.6 is 11.6 Å². The van der Waals surface area contributed by atoms with Crippen molar-refractivity contribution in [1.29, 1.82) is 0 Å². The highest BCUT2D eigenvalue weighted by atomic mass is 35.5. The van der Waals surface area contributed by atoms with Crippen LogP contribution in [0.25, 0.3) is 0 Å². The van der Waals surface area contributed by atoms with Crippen LogP contribution in [0.4, 0.5) is 0 Å². The molecule has 2 aromatic carbocycles. The van der Waals surface area contributed by atoms with E-state index in [2.05, 4.69) is 54.6 Å². The van der Waals surface area contributed by atoms with Gasteiger partial charge in [0.25, 0.3) is 0 Å². The lowest BCUT2D eigenvalue weighted by Gasteiger charge is -2.30. The Morgan fingerprint density at radius 1 is 0.615 bits per heavy atom. The Labute approximate surface area is 240 Å². The molecule has 2 saturated carbocycles. The minimum atomic E-state index is -0.920. The minimum Gasteiger partial charge on any atom is -0.462 e. The van der Waals surface area contributed by atoms with Gasteiger partial charge in [-0.25, -0.2) is 0 Å². The molecular formula is C33H48ClNO4. The van der Waals surface area contributed by atoms with Crippen LogP contribution in [-0.2, 0) is 19.1 Å². The third kappa shape index (κ3) is 10.6. The van der Waals surface area contributed by atoms with Crippen LogP contribution in [0, 0.1) is 5.41 Å². The largest absolute Gasteiger partial charge is 0.462 e. The van der Waals surface area contributed by atoms with E-state index in [1.54, 1.807) is 13.8 Å². The number of rotatable bonds is 5. The van der Waals surface area contributed by atoms with Gasteiger partial charge < -0.3 is 15.6 Å². The molecule has 0 aromatic heterocycles. The molecule has 4 rings (SSSR count). The van der Waals surface area contributed by atoms with E-state index >= 15 is 0 Å². The summed E-state index contributed by atoms with van der Waals surface area (Å²) in [6.07, 6.45) is 8.37. The normalized spacial score (nSPS) is 23.3. The van der Waals surface area contributed by atoms with Crippen molar-refractivity contribution in [2.75, 3.05) is 0 Å². The highest BCUT2D eigenvalue weighted by Gasteiger charge is 2.31. The van der Waals surface area contributed by atoms with Crippen molar-refractivity contribution in [3.63, 3.8) is 0 Å². The SMILES string of the molecule is CC(C)(C)C(=O)OC1CCC(c2ccccc2)CC1.CC(C)(Cl)C(=O)OC1CCC(c2ccccc2)CC1.N. The first-order valence-corrected chi connectivity index (χ1v) is 14.5. The first kappa shape index (κ1) is 32.8. The summed E-state index contributed by atoms with van der Waals surface area (Å²) < 4.78 is 11.1. The summed E-state index contributed by atoms with van der Waals surface area (Å²) in [7, 11) is 0. The molecule has 0 aliphatic heterocycles. The van der Waals surface area contributed by atoms with Gasteiger partial charge in [0.1, 0.15) is 17.1 Å². The fourth-order valence-corrected chi connectivity index (χ4v) is 5.14. The van der Waals surface area contributed by atoms with Crippen LogP contribution < -0.4 is 6.15 Å². The molecule has 39 heavy (non-hydrogen) atoms. The lowest BCUT2D eigenvalue weighted by atomic mass is 9.82. The minimum absolute atomic E-state index is 0. The van der Waals surface area contributed by atoms with Crippen LogP contribution in [0.2, 0.25) is 0 Å². The van der Waals surface area contributed by atoms with Crippen LogP contribution in [0.3, 0.4) is 0 Å². The van der Waals surface area contributed by atoms with Crippen LogP contribution in [0.5, 0.6) is 0 Å². The maximum absolute atomic E-state index is 11.9. The molecular weight excluding hydrogens is 510 g/mol. The number of benzene rings is 2. The Bertz CT molecular complexity index is 914. The topological polar surface area (TPSA) is 87.6 Å². The first-order chi connectivity index (χ1) is 17.9. The van der Waals surface area contributed by atoms with E-state index in [0.29, 0.717) is 11.8 Å². The number of carbonyl (C=O) groups is 2. The smallest absolute Gasteiger partial charge is 0.326 e. The highest BCUT2D eigenvalue weighted by molar-refractivity contribution is 6.33. The highest BCUT2D eigenvalue weighted by Crippen LogP contribution is 2.35. The van der Waals surface area contributed by atoms with Gasteiger partial charge in [-0.15, -0.1) is 11.6 Å². The van der Waals surface area contributed by atoms with E-state index in [-0.39, 0.29) is 30.3 Å². The molecule has 0 spiro atoms. The first-order valence-electron chi connectivity index (χ1n) is 14.1. The molecule has 2 fully saturated rings. The maximum Gasteiger partial charge on any atom is 0.326 e. The summed E-state index contributed by atoms with van der Waals surface area (Å²) in [5, 5.41) is 0. The fourth-order valence-electron chi connectivity index (χ4n) is 5.10. The average Bonchev–Trinajstić information content (AvgIpc) is 2.90. The molecule has 216 valence electrons. The van der Waals surface area contributed by atoms with Gasteiger partial charge >= 0.3 is 11.9 Å². The molecule has 2 aliphatic rings. The summed E-state index contributed by atoms with van der Waals surface area (Å²) >= 11 is 5.95. The zero-order valence-corrected chi connectivity index (χ0v) is 25.2. The maximum atomic E-state index is 11.9. The van der Waals surface area contributed by atoms with Crippen molar-refractivity contribution >= 4 is 23.5 Å². The molecule has 0 unspecified atom stereocenters. The third-order valence-corrected chi connectivity index (χ3v) is 7.69. The Hall–Kier alpha value is -2.37. The van der Waals surface area contributed by atoms with E-state index in [1.807, 2.05) is 26.8 Å². The quantitative estimate of drug-likeness (QED) is 0.293. The molecule has 3 N–H and O–H groups in total. The van der Waals surface area contributed by atoms with Crippen molar-refractivity contribution in [2.24, 2.45) is 5.41 Å². The lowest BCUT2D eigenvalue weighted by molar-refractivity contribution is -0.160. The third-order valence-electron chi connectivity index (χ3n) is 7.54. The summed E-state index contributed by atoms with van der Waals surface area (Å²) in [6, 6.07) is 21.2. The summed E-state index contributed by atoms with van der Waals surface area (Å²) in [6.45, 7) is 9.07. The predicted molar refractivity (Wildman–Crippen MR) is 159 cm³/mol. The number of carbonyl (C=O) groups excluding carboxylic acids is 2. The molecule has 0 heterocycles. The molecule has 2 aliphatic carbocycles. The molecule has 5 nitrogen and oxygen atoms in total. The van der Waals surface area contributed by atoms with Crippen LogP contribution in [-0.4, -0.2) is 29.0 Å². The molecule has 6 heteroatoms. The second-order valence-electron chi connectivity index (χ2n) is 12.3. The molecule has 0 amide bonds. The number of hydrogen-bond acceptors (Lipinski definition) is 5. The Morgan fingerprint density at radius 3 is 1.26 bits per heavy atom. The second-order valence-corrected chi connectivity index (χ2v) is 13.2. The van der Waals surface area contributed by atoms with E-state index in [4.69, 9.17) is 21.1 Å². The van der Waals surface area contributed by atoms with Crippen molar-refractivity contribution in [1.82, 2.24) is 6.15 Å². The number of halogens is 1. The standard InChI is InChI=1S/C17H24O2.C16H21ClO2.H3N/c1-17(2,3)16(18)19-15-11-9-14(10-12-15)13-7-5-4-6-8-13;1-16(2,17)15(18)19-14-10-8-13(9-11-14)12-6-4-3-5-7-12;/h4-8,14-15H,9-12H2,1-3H3;3-7,13-14H,8-11H2,1-2H3;1H3. The lowest BCUT2D eigenvalue weighted by Crippen LogP contribution is -2.33. The second kappa shape index (κ2) is 14.9. The molecule has 2 aromatic rings. The van der Waals surface area contributed by atoms with Crippen molar-refractivity contribution in [3.8, 4) is 0 Å². The van der Waals surface area contributed by atoms with Crippen LogP contribution in [0.15, 0.2) is 60.7 Å². The van der Waals surface area contributed by atoms with Gasteiger partial charge in [-0.2, -0.15) is 0 Å². The Morgan fingerprint density at radius 2 is 0.949 bits per heavy atom. The fraction of sp³-hybridized carbons (Fsp3) is 0.576. The van der Waals surface area contributed by atoms with Gasteiger partial charge in [-0.3, -0.25) is 9.59 Å². The Kier molecular flexibility index (Phi) is 12.5. The zero-order valence-electron chi connectivity index (χ0n) is 24.5. The summed E-state index contributed by atoms with van der Waals surface area (Å²) in [5.74, 6) is 0.846. The zero-order chi connectivity index (χ0) is 27.8. The monoisotopic (exact) mass is 557 g/mol. The van der Waals surface area contributed by atoms with Gasteiger partial charge in [0.15, 0.2) is 0 Å². The molecule has 0 radical (unpaired) electrons. The van der Waals surface area contributed by atoms with E-state index < -0.39 is 10.3 Å². The van der Waals surface area contributed by atoms with E-state index in [1.165, 1.54) is 11.1 Å². The van der Waals surface area contributed by atoms with Crippen molar-refractivity contribution < 1.29 is 19.1 Å². The number of hydrogen-bond donors (Lipinski definition) is 1. The summed E-state index contributed by atoms with van der Waals surface area (Å²) in [5.41, 5.74) is 2.42. The number of esters is 2. The molecule has 0 saturated heterocycles.